The van der Waals surface area contributed by atoms with Gasteiger partial charge in [0.05, 0.1) is 0 Å². The van der Waals surface area contributed by atoms with E-state index in [1.54, 1.807) is 0 Å². The largest absolute Gasteiger partial charge is 0.494 e. The lowest BCUT2D eigenvalue weighted by molar-refractivity contribution is -0.348. The lowest BCUT2D eigenvalue weighted by Crippen LogP contribution is -2.51. The first-order valence-corrected chi connectivity index (χ1v) is 4.17. The molecule has 1 aromatic carbocycles. The molecular formula is C9H5F6NO. The second kappa shape index (κ2) is 4.27. The number of benzene rings is 1. The Hall–Kier alpha value is -1.73. The van der Waals surface area contributed by atoms with Gasteiger partial charge in [0.1, 0.15) is 0 Å². The normalized spacial score (nSPS) is 12.4. The highest BCUT2D eigenvalue weighted by molar-refractivity contribution is 5.94. The van der Waals surface area contributed by atoms with E-state index in [1.807, 2.05) is 0 Å². The van der Waals surface area contributed by atoms with E-state index >= 15 is 0 Å². The summed E-state index contributed by atoms with van der Waals surface area (Å²) >= 11 is 0. The molecule has 0 spiro atoms. The van der Waals surface area contributed by atoms with Crippen LogP contribution in [0.25, 0.3) is 0 Å². The molecule has 0 aliphatic rings. The Morgan fingerprint density at radius 2 is 1.29 bits per heavy atom. The fraction of sp³-hybridized carbons (Fsp3) is 0.222. The van der Waals surface area contributed by atoms with Crippen molar-refractivity contribution < 1.29 is 31.1 Å². The van der Waals surface area contributed by atoms with E-state index < -0.39 is 29.0 Å². The van der Waals surface area contributed by atoms with Gasteiger partial charge >= 0.3 is 12.6 Å². The summed E-state index contributed by atoms with van der Waals surface area (Å²) in [7, 11) is 0. The Balaban J connectivity index is 3.14. The lowest BCUT2D eigenvalue weighted by atomic mass is 10.2. The fourth-order valence-corrected chi connectivity index (χ4v) is 1.08. The van der Waals surface area contributed by atoms with Gasteiger partial charge in [-0.05, 0) is 12.1 Å². The zero-order chi connectivity index (χ0) is 13.3. The number of rotatable bonds is 1. The summed E-state index contributed by atoms with van der Waals surface area (Å²) in [4.78, 5) is 9.06. The average molecular weight is 257 g/mol. The number of hydrogen-bond donors (Lipinski definition) is 0. The molecular weight excluding hydrogens is 252 g/mol. The zero-order valence-electron chi connectivity index (χ0n) is 8.01. The summed E-state index contributed by atoms with van der Waals surface area (Å²) in [5, 5.41) is 0. The van der Waals surface area contributed by atoms with Crippen LogP contribution in [0.15, 0.2) is 30.3 Å². The number of carbonyl (C=O) groups excluding carboxylic acids is 1. The number of carbonyl (C=O) groups is 1. The molecule has 1 amide bonds. The molecule has 0 atom stereocenters. The van der Waals surface area contributed by atoms with Gasteiger partial charge in [0.2, 0.25) is 0 Å². The molecule has 94 valence electrons. The molecule has 0 saturated carbocycles. The van der Waals surface area contributed by atoms with Crippen LogP contribution in [-0.2, 0) is 0 Å². The maximum atomic E-state index is 12.1. The average Bonchev–Trinajstić information content (AvgIpc) is 2.14. The minimum atomic E-state index is -5.81. The monoisotopic (exact) mass is 257 g/mol. The van der Waals surface area contributed by atoms with Crippen LogP contribution in [0.5, 0.6) is 0 Å². The Morgan fingerprint density at radius 3 is 1.65 bits per heavy atom. The molecule has 0 fully saturated rings. The van der Waals surface area contributed by atoms with Crippen molar-refractivity contribution in [3.8, 4) is 0 Å². The molecule has 17 heavy (non-hydrogen) atoms. The first kappa shape index (κ1) is 13.3. The molecule has 0 N–H and O–H groups in total. The minimum Gasteiger partial charge on any atom is -0.269 e. The fourth-order valence-electron chi connectivity index (χ4n) is 1.08. The van der Waals surface area contributed by atoms with Crippen molar-refractivity contribution in [2.24, 2.45) is 0 Å². The molecule has 0 aliphatic carbocycles. The third-order valence-corrected chi connectivity index (χ3v) is 1.73. The van der Waals surface area contributed by atoms with Crippen molar-refractivity contribution in [3.63, 3.8) is 0 Å². The Labute approximate surface area is 91.4 Å². The second-order valence-corrected chi connectivity index (χ2v) is 2.94. The Morgan fingerprint density at radius 1 is 0.882 bits per heavy atom. The highest BCUT2D eigenvalue weighted by Gasteiger charge is 2.57. The molecule has 0 heterocycles. The van der Waals surface area contributed by atoms with Crippen molar-refractivity contribution in [3.05, 3.63) is 35.9 Å². The number of halogens is 6. The highest BCUT2D eigenvalue weighted by Crippen LogP contribution is 2.34. The summed E-state index contributed by atoms with van der Waals surface area (Å²) < 4.78 is 72.8. The number of alkyl halides is 6. The molecule has 1 aromatic rings. The van der Waals surface area contributed by atoms with Crippen LogP contribution < -0.4 is 0 Å². The van der Waals surface area contributed by atoms with E-state index in [4.69, 9.17) is 0 Å². The topological polar surface area (TPSA) is 20.3 Å². The van der Waals surface area contributed by atoms with Crippen LogP contribution >= 0.6 is 0 Å². The van der Waals surface area contributed by atoms with Gasteiger partial charge in [-0.3, -0.25) is 4.79 Å². The number of hydrogen-bond acceptors (Lipinski definition) is 1. The van der Waals surface area contributed by atoms with Crippen LogP contribution in [-0.4, -0.2) is 23.4 Å². The van der Waals surface area contributed by atoms with Crippen molar-refractivity contribution >= 4 is 5.91 Å². The van der Waals surface area contributed by atoms with E-state index in [0.29, 0.717) is 0 Å². The van der Waals surface area contributed by atoms with Crippen LogP contribution in [0.2, 0.25) is 0 Å². The van der Waals surface area contributed by atoms with Gasteiger partial charge in [0.25, 0.3) is 5.91 Å². The van der Waals surface area contributed by atoms with E-state index in [9.17, 15) is 31.1 Å². The Bertz CT molecular complexity index is 382. The first-order valence-electron chi connectivity index (χ1n) is 4.17. The molecule has 2 nitrogen and oxygen atoms in total. The summed E-state index contributed by atoms with van der Waals surface area (Å²) in [6.45, 7) is 0. The third kappa shape index (κ3) is 3.11. The standard InChI is InChI=1S/C9H5F6NO/c10-8(11,12)16(9(13,14)15)7(17)6-4-2-1-3-5-6/h1-5H. The number of amides is 1. The number of nitrogens with zero attached hydrogens (tertiary/aromatic N) is 1. The quantitative estimate of drug-likeness (QED) is 0.559. The van der Waals surface area contributed by atoms with Gasteiger partial charge in [0, 0.05) is 5.56 Å². The van der Waals surface area contributed by atoms with Crippen molar-refractivity contribution in [2.75, 3.05) is 0 Å². The smallest absolute Gasteiger partial charge is 0.269 e. The summed E-state index contributed by atoms with van der Waals surface area (Å²) in [6, 6.07) is 5.43. The summed E-state index contributed by atoms with van der Waals surface area (Å²) in [5.74, 6) is -2.16. The molecule has 8 heteroatoms. The SMILES string of the molecule is O=C(c1ccccc1)N(C(F)(F)F)C(F)(F)F. The molecule has 0 radical (unpaired) electrons. The Kier molecular flexibility index (Phi) is 3.35. The molecule has 0 saturated heterocycles. The van der Waals surface area contributed by atoms with E-state index in [-0.39, 0.29) is 0 Å². The van der Waals surface area contributed by atoms with Gasteiger partial charge in [0.15, 0.2) is 0 Å². The van der Waals surface area contributed by atoms with E-state index in [1.165, 1.54) is 6.07 Å². The zero-order valence-corrected chi connectivity index (χ0v) is 8.01. The van der Waals surface area contributed by atoms with Crippen LogP contribution in [0.1, 0.15) is 10.4 Å². The van der Waals surface area contributed by atoms with Crippen molar-refractivity contribution in [1.82, 2.24) is 4.90 Å². The maximum absolute atomic E-state index is 12.1. The summed E-state index contributed by atoms with van der Waals surface area (Å²) in [5.41, 5.74) is -0.692. The minimum absolute atomic E-state index is 0.692. The first-order chi connectivity index (χ1) is 7.64. The van der Waals surface area contributed by atoms with Crippen LogP contribution in [0.3, 0.4) is 0 Å². The second-order valence-electron chi connectivity index (χ2n) is 2.94. The maximum Gasteiger partial charge on any atom is 0.494 e. The molecule has 1 rings (SSSR count). The lowest BCUT2D eigenvalue weighted by Gasteiger charge is -2.26. The third-order valence-electron chi connectivity index (χ3n) is 1.73. The molecule has 0 aliphatic heterocycles. The van der Waals surface area contributed by atoms with Crippen LogP contribution in [0, 0.1) is 0 Å². The molecule has 0 aromatic heterocycles. The predicted molar refractivity (Wildman–Crippen MR) is 44.7 cm³/mol. The van der Waals surface area contributed by atoms with Gasteiger partial charge < -0.3 is 0 Å². The highest BCUT2D eigenvalue weighted by atomic mass is 19.4. The summed E-state index contributed by atoms with van der Waals surface area (Å²) in [6.07, 6.45) is -11.6. The van der Waals surface area contributed by atoms with Gasteiger partial charge in [-0.15, -0.1) is 26.3 Å². The van der Waals surface area contributed by atoms with Crippen molar-refractivity contribution in [2.45, 2.75) is 12.6 Å². The van der Waals surface area contributed by atoms with Crippen molar-refractivity contribution in [1.29, 1.82) is 0 Å². The van der Waals surface area contributed by atoms with Crippen LogP contribution in [0.4, 0.5) is 26.3 Å². The predicted octanol–water partition coefficient (Wildman–Crippen LogP) is 3.17. The van der Waals surface area contributed by atoms with Gasteiger partial charge in [-0.2, -0.15) is 4.90 Å². The van der Waals surface area contributed by atoms with Gasteiger partial charge in [-0.1, -0.05) is 18.2 Å². The van der Waals surface area contributed by atoms with E-state index in [2.05, 4.69) is 0 Å². The van der Waals surface area contributed by atoms with E-state index in [0.717, 1.165) is 24.3 Å². The molecule has 0 unspecified atom stereocenters. The molecule has 0 bridgehead atoms. The van der Waals surface area contributed by atoms with Gasteiger partial charge in [-0.25, -0.2) is 0 Å².